The molecule has 0 bridgehead atoms. The number of nitrogens with zero attached hydrogens (tertiary/aromatic N) is 3. The Morgan fingerprint density at radius 1 is 1.38 bits per heavy atom. The van der Waals surface area contributed by atoms with Gasteiger partial charge in [0.25, 0.3) is 5.56 Å². The molecule has 0 amide bonds. The lowest BCUT2D eigenvalue weighted by Gasteiger charge is -2.09. The number of methoxy groups -OCH3 is 1. The number of aromatic nitrogens is 3. The van der Waals surface area contributed by atoms with Crippen molar-refractivity contribution in [2.45, 2.75) is 13.0 Å². The van der Waals surface area contributed by atoms with Crippen LogP contribution in [0.4, 0.5) is 0 Å². The van der Waals surface area contributed by atoms with E-state index < -0.39 is 5.24 Å². The van der Waals surface area contributed by atoms with Gasteiger partial charge >= 0.3 is 0 Å². The van der Waals surface area contributed by atoms with Crippen LogP contribution < -0.4 is 5.56 Å². The summed E-state index contributed by atoms with van der Waals surface area (Å²) in [7, 11) is 1.54. The topological polar surface area (TPSA) is 74.1 Å². The molecule has 21 heavy (non-hydrogen) atoms. The van der Waals surface area contributed by atoms with Crippen LogP contribution in [0.3, 0.4) is 0 Å². The monoisotopic (exact) mass is 307 g/mol. The van der Waals surface area contributed by atoms with Crippen molar-refractivity contribution in [1.82, 2.24) is 14.8 Å². The van der Waals surface area contributed by atoms with E-state index in [-0.39, 0.29) is 12.0 Å². The fourth-order valence-corrected chi connectivity index (χ4v) is 1.99. The van der Waals surface area contributed by atoms with E-state index in [0.717, 1.165) is 0 Å². The Balaban J connectivity index is 2.50. The number of ether oxygens (including phenoxy) is 1. The smallest absolute Gasteiger partial charge is 0.270 e. The Morgan fingerprint density at radius 2 is 2.19 bits per heavy atom. The molecule has 0 radical (unpaired) electrons. The molecule has 2 aromatic rings. The van der Waals surface area contributed by atoms with Crippen LogP contribution in [0, 0.1) is 0 Å². The Kier molecular flexibility index (Phi) is 5.19. The SMILES string of the molecule is COCCn1nc(-c2ccccn2)cc(CC(=O)Cl)c1=O. The Bertz CT molecular complexity index is 686. The minimum Gasteiger partial charge on any atom is -0.383 e. The Hall–Kier alpha value is -2.05. The predicted molar refractivity (Wildman–Crippen MR) is 78.2 cm³/mol. The summed E-state index contributed by atoms with van der Waals surface area (Å²) in [5, 5.41) is 3.66. The largest absolute Gasteiger partial charge is 0.383 e. The van der Waals surface area contributed by atoms with E-state index in [0.29, 0.717) is 30.1 Å². The van der Waals surface area contributed by atoms with E-state index in [9.17, 15) is 9.59 Å². The van der Waals surface area contributed by atoms with Gasteiger partial charge in [-0.05, 0) is 29.8 Å². The summed E-state index contributed by atoms with van der Waals surface area (Å²) in [5.74, 6) is 0. The zero-order valence-electron chi connectivity index (χ0n) is 11.5. The summed E-state index contributed by atoms with van der Waals surface area (Å²) in [6.45, 7) is 0.631. The molecule has 7 heteroatoms. The third-order valence-electron chi connectivity index (χ3n) is 2.81. The van der Waals surface area contributed by atoms with Crippen LogP contribution in [0.5, 0.6) is 0 Å². The summed E-state index contributed by atoms with van der Waals surface area (Å²) in [4.78, 5) is 27.5. The highest BCUT2D eigenvalue weighted by Crippen LogP contribution is 2.13. The minimum atomic E-state index is -0.594. The Labute approximate surface area is 126 Å². The summed E-state index contributed by atoms with van der Waals surface area (Å²) < 4.78 is 6.23. The molecule has 0 spiro atoms. The number of carbonyl (C=O) groups is 1. The molecule has 0 aliphatic rings. The predicted octanol–water partition coefficient (Wildman–Crippen LogP) is 1.26. The Morgan fingerprint density at radius 3 is 2.81 bits per heavy atom. The van der Waals surface area contributed by atoms with E-state index in [1.54, 1.807) is 24.4 Å². The number of hydrogen-bond donors (Lipinski definition) is 0. The molecule has 0 aliphatic carbocycles. The normalized spacial score (nSPS) is 10.6. The van der Waals surface area contributed by atoms with Crippen molar-refractivity contribution >= 4 is 16.8 Å². The lowest BCUT2D eigenvalue weighted by molar-refractivity contribution is -0.111. The van der Waals surface area contributed by atoms with Crippen LogP contribution in [0.1, 0.15) is 5.56 Å². The van der Waals surface area contributed by atoms with Gasteiger partial charge in [0.1, 0.15) is 5.69 Å². The number of rotatable bonds is 6. The molecule has 0 unspecified atom stereocenters. The highest BCUT2D eigenvalue weighted by molar-refractivity contribution is 6.63. The molecular weight excluding hydrogens is 294 g/mol. The molecule has 2 rings (SSSR count). The summed E-state index contributed by atoms with van der Waals surface area (Å²) in [6, 6.07) is 6.93. The number of carbonyl (C=O) groups excluding carboxylic acids is 1. The van der Waals surface area contributed by atoms with Gasteiger partial charge in [-0.15, -0.1) is 0 Å². The first-order valence-electron chi connectivity index (χ1n) is 6.31. The summed E-state index contributed by atoms with van der Waals surface area (Å²) in [5.41, 5.74) is 1.08. The van der Waals surface area contributed by atoms with Crippen LogP contribution in [0.25, 0.3) is 11.4 Å². The first kappa shape index (κ1) is 15.3. The third kappa shape index (κ3) is 3.96. The van der Waals surface area contributed by atoms with Crippen molar-refractivity contribution < 1.29 is 9.53 Å². The van der Waals surface area contributed by atoms with Gasteiger partial charge in [0.15, 0.2) is 0 Å². The minimum absolute atomic E-state index is 0.143. The lowest BCUT2D eigenvalue weighted by atomic mass is 10.1. The van der Waals surface area contributed by atoms with Crippen LogP contribution >= 0.6 is 11.6 Å². The highest BCUT2D eigenvalue weighted by atomic mass is 35.5. The van der Waals surface area contributed by atoms with E-state index in [2.05, 4.69) is 10.1 Å². The zero-order valence-corrected chi connectivity index (χ0v) is 12.2. The van der Waals surface area contributed by atoms with E-state index in [4.69, 9.17) is 16.3 Å². The standard InChI is InChI=1S/C14H14ClN3O3/c1-21-7-6-18-14(20)10(9-13(15)19)8-12(17-18)11-4-2-3-5-16-11/h2-5,8H,6-7,9H2,1H3. The second-order valence-corrected chi connectivity index (χ2v) is 4.74. The number of halogens is 1. The molecule has 2 aromatic heterocycles. The number of hydrogen-bond acceptors (Lipinski definition) is 5. The van der Waals surface area contributed by atoms with Gasteiger partial charge in [0, 0.05) is 18.9 Å². The fourth-order valence-electron chi connectivity index (χ4n) is 1.84. The average molecular weight is 308 g/mol. The van der Waals surface area contributed by atoms with Gasteiger partial charge in [-0.3, -0.25) is 14.6 Å². The molecule has 0 fully saturated rings. The lowest BCUT2D eigenvalue weighted by Crippen LogP contribution is -2.29. The maximum Gasteiger partial charge on any atom is 0.270 e. The fraction of sp³-hybridized carbons (Fsp3) is 0.286. The van der Waals surface area contributed by atoms with Crippen molar-refractivity contribution in [3.63, 3.8) is 0 Å². The maximum absolute atomic E-state index is 12.2. The molecule has 0 aliphatic heterocycles. The molecule has 0 saturated heterocycles. The van der Waals surface area contributed by atoms with E-state index in [1.165, 1.54) is 11.8 Å². The molecule has 0 aromatic carbocycles. The average Bonchev–Trinajstić information content (AvgIpc) is 2.48. The zero-order chi connectivity index (χ0) is 15.2. The first-order valence-corrected chi connectivity index (χ1v) is 6.69. The van der Waals surface area contributed by atoms with Gasteiger partial charge in [0.2, 0.25) is 5.24 Å². The van der Waals surface area contributed by atoms with Gasteiger partial charge < -0.3 is 4.74 Å². The van der Waals surface area contributed by atoms with Crippen molar-refractivity contribution in [2.75, 3.05) is 13.7 Å². The summed E-state index contributed by atoms with van der Waals surface area (Å²) >= 11 is 5.39. The molecule has 2 heterocycles. The highest BCUT2D eigenvalue weighted by Gasteiger charge is 2.12. The van der Waals surface area contributed by atoms with Crippen LogP contribution in [0.2, 0.25) is 0 Å². The molecule has 0 N–H and O–H groups in total. The quantitative estimate of drug-likeness (QED) is 0.751. The number of pyridine rings is 1. The molecule has 110 valence electrons. The van der Waals surface area contributed by atoms with E-state index in [1.807, 2.05) is 6.07 Å². The second kappa shape index (κ2) is 7.10. The second-order valence-electron chi connectivity index (χ2n) is 4.32. The van der Waals surface area contributed by atoms with E-state index >= 15 is 0 Å². The third-order valence-corrected chi connectivity index (χ3v) is 2.95. The van der Waals surface area contributed by atoms with Crippen molar-refractivity contribution in [3.8, 4) is 11.4 Å². The van der Waals surface area contributed by atoms with Crippen LogP contribution in [-0.4, -0.2) is 33.7 Å². The molecule has 6 nitrogen and oxygen atoms in total. The van der Waals surface area contributed by atoms with Gasteiger partial charge in [-0.25, -0.2) is 4.68 Å². The van der Waals surface area contributed by atoms with Gasteiger partial charge in [-0.1, -0.05) is 6.07 Å². The first-order chi connectivity index (χ1) is 10.1. The van der Waals surface area contributed by atoms with Crippen molar-refractivity contribution in [2.24, 2.45) is 0 Å². The van der Waals surface area contributed by atoms with Crippen LogP contribution in [0.15, 0.2) is 35.3 Å². The molecular formula is C14H14ClN3O3. The van der Waals surface area contributed by atoms with Crippen LogP contribution in [-0.2, 0) is 22.5 Å². The molecule has 0 saturated carbocycles. The van der Waals surface area contributed by atoms with Crippen molar-refractivity contribution in [3.05, 3.63) is 46.4 Å². The van der Waals surface area contributed by atoms with Gasteiger partial charge in [0.05, 0.1) is 25.3 Å². The van der Waals surface area contributed by atoms with Crippen molar-refractivity contribution in [1.29, 1.82) is 0 Å². The molecule has 0 atom stereocenters. The van der Waals surface area contributed by atoms with Gasteiger partial charge in [-0.2, -0.15) is 5.10 Å². The summed E-state index contributed by atoms with van der Waals surface area (Å²) in [6.07, 6.45) is 1.49. The maximum atomic E-state index is 12.2.